The third-order valence-corrected chi connectivity index (χ3v) is 8.73. The van der Waals surface area contributed by atoms with E-state index in [1.54, 1.807) is 27.9 Å². The summed E-state index contributed by atoms with van der Waals surface area (Å²) in [7, 11) is 4.42. The maximum atomic E-state index is 14.9. The summed E-state index contributed by atoms with van der Waals surface area (Å²) >= 11 is 0. The fourth-order valence-electron chi connectivity index (χ4n) is 5.73. The molecular weight excluding hydrogens is 597 g/mol. The Kier molecular flexibility index (Phi) is 10.1. The predicted octanol–water partition coefficient (Wildman–Crippen LogP) is 6.63. The van der Waals surface area contributed by atoms with Gasteiger partial charge in [-0.15, -0.1) is 0 Å². The lowest BCUT2D eigenvalue weighted by atomic mass is 9.76. The van der Waals surface area contributed by atoms with Crippen molar-refractivity contribution in [2.24, 2.45) is 5.92 Å². The molecule has 1 fully saturated rings. The van der Waals surface area contributed by atoms with E-state index in [0.717, 1.165) is 25.7 Å². The summed E-state index contributed by atoms with van der Waals surface area (Å²) in [5.41, 5.74) is -0.738. The van der Waals surface area contributed by atoms with Gasteiger partial charge < -0.3 is 24.4 Å². The highest BCUT2D eigenvalue weighted by atomic mass is 19.4. The minimum absolute atomic E-state index is 0.0172. The van der Waals surface area contributed by atoms with Crippen LogP contribution in [0.1, 0.15) is 60.9 Å². The normalized spacial score (nSPS) is 22.3. The maximum absolute atomic E-state index is 14.9. The summed E-state index contributed by atoms with van der Waals surface area (Å²) < 4.78 is 90.0. The van der Waals surface area contributed by atoms with Gasteiger partial charge >= 0.3 is 6.18 Å². The Bertz CT molecular complexity index is 1520. The van der Waals surface area contributed by atoms with Crippen molar-refractivity contribution in [3.8, 4) is 11.5 Å². The quantitative estimate of drug-likeness (QED) is 0.252. The molecule has 4 rings (SSSR count). The Morgan fingerprint density at radius 2 is 1.84 bits per heavy atom. The number of likely N-dealkylation sites (N-methyl/N-ethyl adjacent to an activating group) is 2. The highest BCUT2D eigenvalue weighted by Gasteiger charge is 2.65. The summed E-state index contributed by atoms with van der Waals surface area (Å²) in [5, 5.41) is 2.91. The van der Waals surface area contributed by atoms with Gasteiger partial charge in [0.05, 0.1) is 25.4 Å². The van der Waals surface area contributed by atoms with Gasteiger partial charge in [-0.25, -0.2) is 4.39 Å². The number of methoxy groups -OCH3 is 1. The van der Waals surface area contributed by atoms with Crippen molar-refractivity contribution in [3.05, 3.63) is 88.2 Å². The highest BCUT2D eigenvalue weighted by molar-refractivity contribution is 5.81. The second-order valence-corrected chi connectivity index (χ2v) is 11.5. The minimum Gasteiger partial charge on any atom is -0.493 e. The number of carbonyl (C=O) groups is 1. The Morgan fingerprint density at radius 3 is 2.44 bits per heavy atom. The minimum atomic E-state index is -4.81. The molecule has 0 aliphatic carbocycles. The van der Waals surface area contributed by atoms with Gasteiger partial charge in [0.2, 0.25) is 11.7 Å². The molecule has 0 bridgehead atoms. The number of halogens is 5. The van der Waals surface area contributed by atoms with E-state index in [-0.39, 0.29) is 30.3 Å². The number of nitrogens with zero attached hydrogens (tertiary/aromatic N) is 2. The topological polar surface area (TPSA) is 72.9 Å². The van der Waals surface area contributed by atoms with E-state index in [4.69, 9.17) is 14.2 Å². The average molecular weight is 636 g/mol. The fraction of sp³-hybridized carbons (Fsp3) is 0.455. The summed E-state index contributed by atoms with van der Waals surface area (Å²) in [5.74, 6) is -5.29. The summed E-state index contributed by atoms with van der Waals surface area (Å²) in [6.45, 7) is 5.93. The number of rotatable bonds is 10. The van der Waals surface area contributed by atoms with Crippen LogP contribution in [0.15, 0.2) is 48.5 Å². The lowest BCUT2D eigenvalue weighted by molar-refractivity contribution is -0.275. The van der Waals surface area contributed by atoms with E-state index in [0.29, 0.717) is 17.0 Å². The second-order valence-electron chi connectivity index (χ2n) is 11.5. The summed E-state index contributed by atoms with van der Waals surface area (Å²) in [4.78, 5) is 19.0. The molecule has 12 heteroatoms. The number of hydrogen-bond acceptors (Lipinski definition) is 6. The van der Waals surface area contributed by atoms with Gasteiger partial charge in [0, 0.05) is 41.8 Å². The van der Waals surface area contributed by atoms with Crippen molar-refractivity contribution in [1.29, 1.82) is 0 Å². The van der Waals surface area contributed by atoms with Gasteiger partial charge in [-0.2, -0.15) is 17.6 Å². The average Bonchev–Trinajstić information content (AvgIpc) is 3.29. The molecule has 244 valence electrons. The smallest absolute Gasteiger partial charge is 0.417 e. The van der Waals surface area contributed by atoms with Crippen LogP contribution in [0, 0.1) is 24.5 Å². The number of alkyl halides is 3. The van der Waals surface area contributed by atoms with E-state index in [1.165, 1.54) is 24.0 Å². The van der Waals surface area contributed by atoms with Crippen LogP contribution >= 0.6 is 0 Å². The summed E-state index contributed by atoms with van der Waals surface area (Å²) in [6.07, 6.45) is -6.15. The zero-order valence-electron chi connectivity index (χ0n) is 26.3. The lowest BCUT2D eigenvalue weighted by Crippen LogP contribution is -2.46. The molecule has 1 N–H and O–H groups in total. The zero-order chi connectivity index (χ0) is 33.3. The second kappa shape index (κ2) is 13.3. The molecule has 2 aromatic carbocycles. The van der Waals surface area contributed by atoms with Crippen molar-refractivity contribution < 1.29 is 41.0 Å². The maximum Gasteiger partial charge on any atom is 0.417 e. The largest absolute Gasteiger partial charge is 0.493 e. The van der Waals surface area contributed by atoms with Crippen molar-refractivity contribution in [3.63, 3.8) is 0 Å². The molecule has 0 radical (unpaired) electrons. The molecule has 1 amide bonds. The Morgan fingerprint density at radius 1 is 1.18 bits per heavy atom. The van der Waals surface area contributed by atoms with Crippen molar-refractivity contribution in [1.82, 2.24) is 15.2 Å². The number of carbonyl (C=O) groups excluding carboxylic acids is 1. The first-order chi connectivity index (χ1) is 21.1. The SMILES string of the molecule is CN[C@@H](C)C(=O)N(C)Cc1c(OCc2ccccc2)cc([C@@H]2O[C@@](C)(C(F)(F)F)[C@@H](C)[C@H]2c2ccc(F)c(F)c2OC)nc1C. The number of nitrogens with one attached hydrogen (secondary N) is 1. The number of aromatic nitrogens is 1. The third kappa shape index (κ3) is 6.62. The molecular formula is C33H38F5N3O4. The van der Waals surface area contributed by atoms with Crippen molar-refractivity contribution in [2.45, 2.75) is 70.7 Å². The number of amides is 1. The van der Waals surface area contributed by atoms with Gasteiger partial charge in [-0.05, 0) is 39.4 Å². The molecule has 45 heavy (non-hydrogen) atoms. The van der Waals surface area contributed by atoms with Crippen LogP contribution < -0.4 is 14.8 Å². The van der Waals surface area contributed by atoms with E-state index in [1.807, 2.05) is 30.3 Å². The number of pyridine rings is 1. The van der Waals surface area contributed by atoms with Gasteiger partial charge in [0.15, 0.2) is 17.2 Å². The number of hydrogen-bond donors (Lipinski definition) is 1. The molecule has 2 heterocycles. The van der Waals surface area contributed by atoms with Gasteiger partial charge in [-0.1, -0.05) is 43.3 Å². The molecule has 1 aliphatic rings. The van der Waals surface area contributed by atoms with E-state index in [9.17, 15) is 26.7 Å². The zero-order valence-corrected chi connectivity index (χ0v) is 26.3. The van der Waals surface area contributed by atoms with Gasteiger partial charge in [0.25, 0.3) is 0 Å². The molecule has 0 unspecified atom stereocenters. The van der Waals surface area contributed by atoms with Crippen LogP contribution in [0.3, 0.4) is 0 Å². The molecule has 7 nitrogen and oxygen atoms in total. The molecule has 1 aromatic heterocycles. The van der Waals surface area contributed by atoms with Gasteiger partial charge in [0.1, 0.15) is 18.5 Å². The molecule has 0 spiro atoms. The lowest BCUT2D eigenvalue weighted by Gasteiger charge is -2.32. The molecule has 5 atom stereocenters. The van der Waals surface area contributed by atoms with Crippen LogP contribution in [-0.4, -0.2) is 54.8 Å². The first kappa shape index (κ1) is 34.1. The van der Waals surface area contributed by atoms with E-state index in [2.05, 4.69) is 10.3 Å². The van der Waals surface area contributed by atoms with E-state index < -0.39 is 53.1 Å². The Labute approximate surface area is 259 Å². The molecule has 1 aliphatic heterocycles. The van der Waals surface area contributed by atoms with Crippen LogP contribution in [0.4, 0.5) is 22.0 Å². The van der Waals surface area contributed by atoms with Crippen molar-refractivity contribution in [2.75, 3.05) is 21.2 Å². The molecule has 3 aromatic rings. The Balaban J connectivity index is 1.86. The Hall–Kier alpha value is -3.77. The number of benzene rings is 2. The monoisotopic (exact) mass is 635 g/mol. The van der Waals surface area contributed by atoms with Crippen LogP contribution in [0.5, 0.6) is 11.5 Å². The molecule has 0 saturated carbocycles. The van der Waals surface area contributed by atoms with Crippen LogP contribution in [0.25, 0.3) is 0 Å². The van der Waals surface area contributed by atoms with Crippen LogP contribution in [-0.2, 0) is 22.7 Å². The van der Waals surface area contributed by atoms with E-state index >= 15 is 0 Å². The molecule has 1 saturated heterocycles. The standard InChI is InChI=1S/C33H38F5N3O4/c1-18-27(22-13-14-24(34)28(35)29(22)43-7)30(45-32(18,4)33(36,37)38)25-15-26(44-17-21-11-9-8-10-12-21)23(19(2)40-25)16-41(6)31(42)20(3)39-5/h8-15,18,20,27,30,39H,16-17H2,1-7H3/t18-,20-,27-,30-,32+/m0/s1. The number of aryl methyl sites for hydroxylation is 1. The van der Waals surface area contributed by atoms with Crippen molar-refractivity contribution >= 4 is 5.91 Å². The third-order valence-electron chi connectivity index (χ3n) is 8.73. The number of ether oxygens (including phenoxy) is 3. The van der Waals surface area contributed by atoms with Crippen LogP contribution in [0.2, 0.25) is 0 Å². The van der Waals surface area contributed by atoms with Gasteiger partial charge in [-0.3, -0.25) is 9.78 Å². The highest BCUT2D eigenvalue weighted by Crippen LogP contribution is 2.59. The fourth-order valence-corrected chi connectivity index (χ4v) is 5.73. The first-order valence-electron chi connectivity index (χ1n) is 14.5. The first-order valence-corrected chi connectivity index (χ1v) is 14.5. The predicted molar refractivity (Wildman–Crippen MR) is 158 cm³/mol. The summed E-state index contributed by atoms with van der Waals surface area (Å²) in [6, 6.07) is 12.4.